The molecule has 1 aliphatic rings. The highest BCUT2D eigenvalue weighted by Gasteiger charge is 1.93. The molecule has 1 heterocycles. The minimum Gasteiger partial charge on any atom is -0.325 e. The van der Waals surface area contributed by atoms with Crippen molar-refractivity contribution in [2.45, 2.75) is 0 Å². The summed E-state index contributed by atoms with van der Waals surface area (Å²) in [6.45, 7) is 0.486. The molecule has 0 unspecified atom stereocenters. The van der Waals surface area contributed by atoms with Gasteiger partial charge in [0.2, 0.25) is 0 Å². The monoisotopic (exact) mass is 132 g/mol. The zero-order valence-electron chi connectivity index (χ0n) is 4.24. The predicted octanol–water partition coefficient (Wildman–Crippen LogP) is -0.145. The Bertz CT molecular complexity index is 118. The van der Waals surface area contributed by atoms with E-state index in [4.69, 9.17) is 5.73 Å². The highest BCUT2D eigenvalue weighted by molar-refractivity contribution is 5.97. The van der Waals surface area contributed by atoms with Crippen LogP contribution < -0.4 is 11.2 Å². The van der Waals surface area contributed by atoms with Gasteiger partial charge in [0, 0.05) is 6.54 Å². The van der Waals surface area contributed by atoms with Gasteiger partial charge in [0.25, 0.3) is 0 Å². The third kappa shape index (κ3) is 1.52. The van der Waals surface area contributed by atoms with Crippen molar-refractivity contribution in [3.63, 3.8) is 0 Å². The lowest BCUT2D eigenvalue weighted by atomic mass is 10.4. The van der Waals surface area contributed by atoms with Gasteiger partial charge in [0.1, 0.15) is 0 Å². The summed E-state index contributed by atoms with van der Waals surface area (Å²) < 4.78 is 0. The summed E-state index contributed by atoms with van der Waals surface area (Å²) in [5.41, 5.74) is 9.60. The van der Waals surface area contributed by atoms with Gasteiger partial charge in [-0.3, -0.25) is 0 Å². The molecule has 0 aromatic heterocycles. The van der Waals surface area contributed by atoms with Gasteiger partial charge in [-0.2, -0.15) is 10.5 Å². The van der Waals surface area contributed by atoms with Crippen LogP contribution in [0.5, 0.6) is 0 Å². The molecule has 0 bridgehead atoms. The third-order valence-corrected chi connectivity index (χ3v) is 0.729. The number of nitrogens with zero attached hydrogens (tertiary/aromatic N) is 2. The maximum Gasteiger partial charge on any atom is 0.0782 e. The van der Waals surface area contributed by atoms with E-state index in [1.165, 1.54) is 0 Å². The summed E-state index contributed by atoms with van der Waals surface area (Å²) >= 11 is 0. The Balaban J connectivity index is 0.000000490. The number of halogens is 1. The lowest BCUT2D eigenvalue weighted by molar-refractivity contribution is 0.967. The Labute approximate surface area is 54.0 Å². The molecule has 0 aromatic rings. The maximum absolute atomic E-state index is 5.19. The summed E-state index contributed by atoms with van der Waals surface area (Å²) in [7, 11) is 0. The van der Waals surface area contributed by atoms with Crippen molar-refractivity contribution >= 4 is 18.1 Å². The second-order valence-electron chi connectivity index (χ2n) is 1.23. The molecule has 0 fully saturated rings. The van der Waals surface area contributed by atoms with Gasteiger partial charge in [-0.15, -0.1) is 12.4 Å². The quantitative estimate of drug-likeness (QED) is 0.530. The molecular formula is C4H7ClN3. The molecule has 8 heavy (non-hydrogen) atoms. The molecular weight excluding hydrogens is 126 g/mol. The van der Waals surface area contributed by atoms with Crippen LogP contribution in [0, 0.1) is 0 Å². The zero-order chi connectivity index (χ0) is 5.11. The van der Waals surface area contributed by atoms with Gasteiger partial charge >= 0.3 is 0 Å². The molecule has 0 saturated carbocycles. The zero-order valence-corrected chi connectivity index (χ0v) is 5.06. The summed E-state index contributed by atoms with van der Waals surface area (Å²) in [5, 5.41) is 3.66. The SMILES string of the molecule is Cl.NCC1=N[N]C=C1. The minimum absolute atomic E-state index is 0. The molecule has 0 atom stereocenters. The van der Waals surface area contributed by atoms with E-state index in [0.29, 0.717) is 6.54 Å². The summed E-state index contributed by atoms with van der Waals surface area (Å²) in [6.07, 6.45) is 3.42. The maximum atomic E-state index is 5.19. The fourth-order valence-electron chi connectivity index (χ4n) is 0.369. The molecule has 0 amide bonds. The predicted molar refractivity (Wildman–Crippen MR) is 35.0 cm³/mol. The Morgan fingerprint density at radius 2 is 2.38 bits per heavy atom. The van der Waals surface area contributed by atoms with E-state index in [2.05, 4.69) is 10.5 Å². The largest absolute Gasteiger partial charge is 0.325 e. The van der Waals surface area contributed by atoms with Crippen LogP contribution >= 0.6 is 12.4 Å². The van der Waals surface area contributed by atoms with Crippen LogP contribution in [0.25, 0.3) is 0 Å². The first-order valence-corrected chi connectivity index (χ1v) is 2.07. The molecule has 1 rings (SSSR count). The van der Waals surface area contributed by atoms with Crippen molar-refractivity contribution in [2.24, 2.45) is 10.8 Å². The fraction of sp³-hybridized carbons (Fsp3) is 0.250. The van der Waals surface area contributed by atoms with Gasteiger partial charge < -0.3 is 5.73 Å². The summed E-state index contributed by atoms with van der Waals surface area (Å²) in [4.78, 5) is 0. The Morgan fingerprint density at radius 1 is 1.62 bits per heavy atom. The van der Waals surface area contributed by atoms with Gasteiger partial charge in [-0.25, -0.2) is 0 Å². The lowest BCUT2D eigenvalue weighted by Crippen LogP contribution is -2.09. The second kappa shape index (κ2) is 3.46. The Morgan fingerprint density at radius 3 is 2.62 bits per heavy atom. The first kappa shape index (κ1) is 7.46. The van der Waals surface area contributed by atoms with E-state index in [9.17, 15) is 0 Å². The van der Waals surface area contributed by atoms with E-state index < -0.39 is 0 Å². The van der Waals surface area contributed by atoms with Crippen molar-refractivity contribution in [1.29, 1.82) is 0 Å². The number of rotatable bonds is 1. The average molecular weight is 133 g/mol. The average Bonchev–Trinajstić information content (AvgIpc) is 2.14. The van der Waals surface area contributed by atoms with E-state index in [0.717, 1.165) is 5.71 Å². The molecule has 0 spiro atoms. The number of hydrogen-bond donors (Lipinski definition) is 1. The van der Waals surface area contributed by atoms with Gasteiger partial charge in [-0.1, -0.05) is 0 Å². The second-order valence-corrected chi connectivity index (χ2v) is 1.23. The van der Waals surface area contributed by atoms with Crippen LogP contribution in [0.3, 0.4) is 0 Å². The lowest BCUT2D eigenvalue weighted by Gasteiger charge is -1.81. The van der Waals surface area contributed by atoms with Gasteiger partial charge in [-0.05, 0) is 6.08 Å². The van der Waals surface area contributed by atoms with Crippen LogP contribution in [0.1, 0.15) is 0 Å². The van der Waals surface area contributed by atoms with Crippen molar-refractivity contribution in [3.8, 4) is 0 Å². The van der Waals surface area contributed by atoms with E-state index in [-0.39, 0.29) is 12.4 Å². The molecule has 2 N–H and O–H groups in total. The summed E-state index contributed by atoms with van der Waals surface area (Å²) in [5.74, 6) is 0. The van der Waals surface area contributed by atoms with Crippen molar-refractivity contribution < 1.29 is 0 Å². The van der Waals surface area contributed by atoms with Crippen molar-refractivity contribution in [3.05, 3.63) is 12.3 Å². The number of nitrogens with two attached hydrogens (primary N) is 1. The molecule has 1 radical (unpaired) electrons. The normalized spacial score (nSPS) is 14.4. The fourth-order valence-corrected chi connectivity index (χ4v) is 0.369. The smallest absolute Gasteiger partial charge is 0.0782 e. The van der Waals surface area contributed by atoms with Crippen LogP contribution in [0.2, 0.25) is 0 Å². The molecule has 4 heteroatoms. The Kier molecular flexibility index (Phi) is 3.23. The van der Waals surface area contributed by atoms with Crippen LogP contribution in [-0.2, 0) is 0 Å². The molecule has 3 nitrogen and oxygen atoms in total. The van der Waals surface area contributed by atoms with Gasteiger partial charge in [0.05, 0.1) is 11.9 Å². The van der Waals surface area contributed by atoms with Crippen LogP contribution in [0.15, 0.2) is 17.4 Å². The van der Waals surface area contributed by atoms with E-state index >= 15 is 0 Å². The van der Waals surface area contributed by atoms with E-state index in [1.807, 2.05) is 0 Å². The minimum atomic E-state index is 0. The van der Waals surface area contributed by atoms with Crippen molar-refractivity contribution in [1.82, 2.24) is 5.43 Å². The van der Waals surface area contributed by atoms with Crippen molar-refractivity contribution in [2.75, 3.05) is 6.54 Å². The molecule has 0 aliphatic carbocycles. The van der Waals surface area contributed by atoms with Crippen LogP contribution in [-0.4, -0.2) is 12.3 Å². The third-order valence-electron chi connectivity index (χ3n) is 0.729. The molecule has 1 aliphatic heterocycles. The molecule has 0 aromatic carbocycles. The number of hydrogen-bond acceptors (Lipinski definition) is 2. The Hall–Kier alpha value is -0.540. The highest BCUT2D eigenvalue weighted by atomic mass is 35.5. The topological polar surface area (TPSA) is 52.5 Å². The first-order valence-electron chi connectivity index (χ1n) is 2.07. The highest BCUT2D eigenvalue weighted by Crippen LogP contribution is 1.85. The van der Waals surface area contributed by atoms with Crippen LogP contribution in [0.4, 0.5) is 0 Å². The standard InChI is InChI=1S/C4H6N3.ClH/c5-3-4-1-2-6-7-4;/h1-2H,3,5H2;1H. The van der Waals surface area contributed by atoms with E-state index in [1.54, 1.807) is 12.3 Å². The summed E-state index contributed by atoms with van der Waals surface area (Å²) in [6, 6.07) is 0. The molecule has 0 saturated heterocycles. The first-order chi connectivity index (χ1) is 3.43. The van der Waals surface area contributed by atoms with Gasteiger partial charge in [0.15, 0.2) is 0 Å². The molecule has 45 valence electrons.